The Morgan fingerprint density at radius 2 is 2.24 bits per heavy atom. The molecule has 0 spiro atoms. The van der Waals surface area contributed by atoms with Gasteiger partial charge in [-0.25, -0.2) is 4.98 Å². The number of rotatable bonds is 8. The fourth-order valence-corrected chi connectivity index (χ4v) is 1.81. The van der Waals surface area contributed by atoms with E-state index in [9.17, 15) is 4.79 Å². The Kier molecular flexibility index (Phi) is 5.51. The van der Waals surface area contributed by atoms with Crippen LogP contribution in [0.4, 0.5) is 5.82 Å². The van der Waals surface area contributed by atoms with Crippen molar-refractivity contribution in [3.8, 4) is 0 Å². The van der Waals surface area contributed by atoms with Gasteiger partial charge in [-0.1, -0.05) is 0 Å². The molecule has 1 amide bonds. The largest absolute Gasteiger partial charge is 0.369 e. The van der Waals surface area contributed by atoms with Gasteiger partial charge in [0.15, 0.2) is 5.82 Å². The maximum Gasteiger partial charge on any atom is 0.251 e. The second-order valence-corrected chi connectivity index (χ2v) is 5.03. The normalized spacial score (nSPS) is 11.0. The van der Waals surface area contributed by atoms with Gasteiger partial charge in [-0.15, -0.1) is 0 Å². The molecular weight excluding hydrogens is 270 g/mol. The number of hydrogen-bond acceptors (Lipinski definition) is 4. The van der Waals surface area contributed by atoms with E-state index in [0.717, 1.165) is 19.5 Å². The number of aromatic nitrogens is 4. The number of anilines is 1. The predicted molar refractivity (Wildman–Crippen MR) is 78.8 cm³/mol. The lowest BCUT2D eigenvalue weighted by molar-refractivity contribution is -0.121. The topological polar surface area (TPSA) is 74.0 Å². The summed E-state index contributed by atoms with van der Waals surface area (Å²) in [5.74, 6) is 0.363. The SMILES string of the molecule is CC(C)OCC(=O)Nc1ccn(CCCn2ccnc2)n1. The molecule has 0 saturated heterocycles. The summed E-state index contributed by atoms with van der Waals surface area (Å²) >= 11 is 0. The van der Waals surface area contributed by atoms with E-state index in [2.05, 4.69) is 15.4 Å². The van der Waals surface area contributed by atoms with Crippen molar-refractivity contribution in [2.75, 3.05) is 11.9 Å². The van der Waals surface area contributed by atoms with Crippen molar-refractivity contribution in [2.24, 2.45) is 0 Å². The maximum atomic E-state index is 11.6. The molecular formula is C14H21N5O2. The highest BCUT2D eigenvalue weighted by atomic mass is 16.5. The van der Waals surface area contributed by atoms with E-state index in [1.54, 1.807) is 18.6 Å². The fourth-order valence-electron chi connectivity index (χ4n) is 1.81. The molecule has 0 saturated carbocycles. The number of carbonyl (C=O) groups excluding carboxylic acids is 1. The molecule has 2 heterocycles. The van der Waals surface area contributed by atoms with Crippen molar-refractivity contribution in [2.45, 2.75) is 39.5 Å². The fraction of sp³-hybridized carbons (Fsp3) is 0.500. The second kappa shape index (κ2) is 7.58. The molecule has 0 unspecified atom stereocenters. The Morgan fingerprint density at radius 1 is 1.38 bits per heavy atom. The molecule has 0 aliphatic heterocycles. The zero-order chi connectivity index (χ0) is 15.1. The Morgan fingerprint density at radius 3 is 2.95 bits per heavy atom. The van der Waals surface area contributed by atoms with E-state index >= 15 is 0 Å². The minimum atomic E-state index is -0.188. The van der Waals surface area contributed by atoms with E-state index in [1.807, 2.05) is 35.5 Å². The highest BCUT2D eigenvalue weighted by Gasteiger charge is 2.06. The van der Waals surface area contributed by atoms with Crippen molar-refractivity contribution in [3.63, 3.8) is 0 Å². The first-order valence-electron chi connectivity index (χ1n) is 7.04. The standard InChI is InChI=1S/C14H21N5O2/c1-12(2)21-10-14(20)16-13-4-8-19(17-13)7-3-6-18-9-5-15-11-18/h4-5,8-9,11-12H,3,6-7,10H2,1-2H3,(H,16,17,20). The van der Waals surface area contributed by atoms with Crippen LogP contribution in [-0.2, 0) is 22.6 Å². The third kappa shape index (κ3) is 5.39. The molecule has 0 aromatic carbocycles. The second-order valence-electron chi connectivity index (χ2n) is 5.03. The molecule has 2 aromatic heterocycles. The monoisotopic (exact) mass is 291 g/mol. The minimum Gasteiger partial charge on any atom is -0.369 e. The summed E-state index contributed by atoms with van der Waals surface area (Å²) in [6.45, 7) is 5.51. The first-order chi connectivity index (χ1) is 10.1. The average molecular weight is 291 g/mol. The molecule has 0 fully saturated rings. The van der Waals surface area contributed by atoms with Crippen LogP contribution in [0.2, 0.25) is 0 Å². The Labute approximate surface area is 123 Å². The van der Waals surface area contributed by atoms with Gasteiger partial charge in [0, 0.05) is 37.7 Å². The van der Waals surface area contributed by atoms with Gasteiger partial charge in [-0.2, -0.15) is 5.10 Å². The van der Waals surface area contributed by atoms with Crippen LogP contribution in [-0.4, -0.2) is 37.9 Å². The van der Waals surface area contributed by atoms with Crippen LogP contribution in [0.1, 0.15) is 20.3 Å². The molecule has 2 rings (SSSR count). The number of nitrogens with zero attached hydrogens (tertiary/aromatic N) is 4. The van der Waals surface area contributed by atoms with Gasteiger partial charge >= 0.3 is 0 Å². The van der Waals surface area contributed by atoms with Crippen LogP contribution in [0.25, 0.3) is 0 Å². The number of carbonyl (C=O) groups is 1. The summed E-state index contributed by atoms with van der Waals surface area (Å²) in [6, 6.07) is 1.78. The van der Waals surface area contributed by atoms with Gasteiger partial charge in [0.25, 0.3) is 5.91 Å². The zero-order valence-corrected chi connectivity index (χ0v) is 12.4. The summed E-state index contributed by atoms with van der Waals surface area (Å²) in [6.07, 6.45) is 8.33. The molecule has 0 atom stereocenters. The van der Waals surface area contributed by atoms with Crippen LogP contribution < -0.4 is 5.32 Å². The highest BCUT2D eigenvalue weighted by Crippen LogP contribution is 2.04. The van der Waals surface area contributed by atoms with Crippen LogP contribution >= 0.6 is 0 Å². The van der Waals surface area contributed by atoms with Crippen molar-refractivity contribution in [1.29, 1.82) is 0 Å². The molecule has 2 aromatic rings. The van der Waals surface area contributed by atoms with Crippen LogP contribution in [0.15, 0.2) is 31.0 Å². The van der Waals surface area contributed by atoms with Gasteiger partial charge in [-0.3, -0.25) is 9.48 Å². The molecule has 0 bridgehead atoms. The van der Waals surface area contributed by atoms with Gasteiger partial charge < -0.3 is 14.6 Å². The van der Waals surface area contributed by atoms with E-state index in [-0.39, 0.29) is 18.6 Å². The van der Waals surface area contributed by atoms with Crippen molar-refractivity contribution in [1.82, 2.24) is 19.3 Å². The van der Waals surface area contributed by atoms with E-state index in [1.165, 1.54) is 0 Å². The van der Waals surface area contributed by atoms with Crippen molar-refractivity contribution < 1.29 is 9.53 Å². The molecule has 114 valence electrons. The van der Waals surface area contributed by atoms with E-state index in [0.29, 0.717) is 5.82 Å². The first-order valence-corrected chi connectivity index (χ1v) is 7.04. The number of hydrogen-bond donors (Lipinski definition) is 1. The third-order valence-electron chi connectivity index (χ3n) is 2.82. The highest BCUT2D eigenvalue weighted by molar-refractivity contribution is 5.90. The van der Waals surface area contributed by atoms with Crippen molar-refractivity contribution >= 4 is 11.7 Å². The van der Waals surface area contributed by atoms with Crippen LogP contribution in [0.5, 0.6) is 0 Å². The maximum absolute atomic E-state index is 11.6. The summed E-state index contributed by atoms with van der Waals surface area (Å²) in [4.78, 5) is 15.6. The predicted octanol–water partition coefficient (Wildman–Crippen LogP) is 1.53. The molecule has 0 aliphatic rings. The Hall–Kier alpha value is -2.15. The first kappa shape index (κ1) is 15.2. The number of nitrogens with one attached hydrogen (secondary N) is 1. The number of amides is 1. The number of ether oxygens (including phenoxy) is 1. The lowest BCUT2D eigenvalue weighted by Crippen LogP contribution is -2.21. The quantitative estimate of drug-likeness (QED) is 0.800. The smallest absolute Gasteiger partial charge is 0.251 e. The average Bonchev–Trinajstić information content (AvgIpc) is 3.09. The molecule has 0 radical (unpaired) electrons. The number of imidazole rings is 1. The minimum absolute atomic E-state index is 0.0384. The summed E-state index contributed by atoms with van der Waals surface area (Å²) in [7, 11) is 0. The molecule has 7 heteroatoms. The number of aryl methyl sites for hydroxylation is 2. The molecule has 1 N–H and O–H groups in total. The van der Waals surface area contributed by atoms with Gasteiger partial charge in [0.05, 0.1) is 12.4 Å². The van der Waals surface area contributed by atoms with Gasteiger partial charge in [0.1, 0.15) is 6.61 Å². The lowest BCUT2D eigenvalue weighted by atomic mass is 10.4. The Bertz CT molecular complexity index is 547. The third-order valence-corrected chi connectivity index (χ3v) is 2.82. The Balaban J connectivity index is 1.72. The van der Waals surface area contributed by atoms with E-state index < -0.39 is 0 Å². The molecule has 7 nitrogen and oxygen atoms in total. The van der Waals surface area contributed by atoms with Crippen LogP contribution in [0, 0.1) is 0 Å². The van der Waals surface area contributed by atoms with Gasteiger partial charge in [-0.05, 0) is 20.3 Å². The molecule has 0 aliphatic carbocycles. The van der Waals surface area contributed by atoms with Gasteiger partial charge in [0.2, 0.25) is 0 Å². The summed E-state index contributed by atoms with van der Waals surface area (Å²) in [5, 5.41) is 7.01. The van der Waals surface area contributed by atoms with E-state index in [4.69, 9.17) is 4.74 Å². The lowest BCUT2D eigenvalue weighted by Gasteiger charge is -2.06. The summed E-state index contributed by atoms with van der Waals surface area (Å²) in [5.41, 5.74) is 0. The molecule has 21 heavy (non-hydrogen) atoms. The van der Waals surface area contributed by atoms with Crippen LogP contribution in [0.3, 0.4) is 0 Å². The zero-order valence-electron chi connectivity index (χ0n) is 12.4. The van der Waals surface area contributed by atoms with Crippen molar-refractivity contribution in [3.05, 3.63) is 31.0 Å². The summed E-state index contributed by atoms with van der Waals surface area (Å²) < 4.78 is 9.07.